The molecule has 0 bridgehead atoms. The minimum Gasteiger partial charge on any atom is -0.493 e. The Balaban J connectivity index is 1.27. The number of imidazole rings is 1. The number of fused-ring (bicyclic) bond motifs is 2. The summed E-state index contributed by atoms with van der Waals surface area (Å²) in [5, 5.41) is 12.8. The molecule has 2 aromatic carbocycles. The first-order chi connectivity index (χ1) is 16.5. The van der Waals surface area contributed by atoms with E-state index in [1.807, 2.05) is 23.7 Å². The molecular weight excluding hydrogens is 433 g/mol. The summed E-state index contributed by atoms with van der Waals surface area (Å²) in [6, 6.07) is 11.6. The van der Waals surface area contributed by atoms with Crippen molar-refractivity contribution in [3.8, 4) is 16.9 Å². The predicted octanol–water partition coefficient (Wildman–Crippen LogP) is 3.57. The highest BCUT2D eigenvalue weighted by molar-refractivity contribution is 5.78. The monoisotopic (exact) mass is 459 g/mol. The van der Waals surface area contributed by atoms with Gasteiger partial charge in [-0.05, 0) is 30.2 Å². The highest BCUT2D eigenvalue weighted by Gasteiger charge is 2.24. The maximum atomic E-state index is 14.6. The first kappa shape index (κ1) is 21.1. The molecule has 4 aromatic rings. The lowest BCUT2D eigenvalue weighted by atomic mass is 10.0. The van der Waals surface area contributed by atoms with Gasteiger partial charge in [-0.3, -0.25) is 9.30 Å². The van der Waals surface area contributed by atoms with Gasteiger partial charge in [-0.15, -0.1) is 0 Å². The molecule has 0 radical (unpaired) electrons. The van der Waals surface area contributed by atoms with E-state index in [0.717, 1.165) is 53.4 Å². The summed E-state index contributed by atoms with van der Waals surface area (Å²) in [5.41, 5.74) is 6.40. The number of likely N-dealkylation sites (tertiary alicyclic amines) is 1. The van der Waals surface area contributed by atoms with Gasteiger partial charge in [-0.25, -0.2) is 14.4 Å². The molecule has 0 atom stereocenters. The van der Waals surface area contributed by atoms with Gasteiger partial charge in [0.2, 0.25) is 5.95 Å². The lowest BCUT2D eigenvalue weighted by Gasteiger charge is -2.35. The third-order valence-electron chi connectivity index (χ3n) is 6.58. The van der Waals surface area contributed by atoms with E-state index < -0.39 is 0 Å². The summed E-state index contributed by atoms with van der Waals surface area (Å²) >= 11 is 0. The summed E-state index contributed by atoms with van der Waals surface area (Å²) in [5.74, 6) is 1.14. The van der Waals surface area contributed by atoms with Crippen molar-refractivity contribution in [2.45, 2.75) is 32.5 Å². The Morgan fingerprint density at radius 1 is 1.18 bits per heavy atom. The van der Waals surface area contributed by atoms with E-state index in [-0.39, 0.29) is 11.9 Å². The number of benzene rings is 2. The minimum atomic E-state index is -0.237. The van der Waals surface area contributed by atoms with Gasteiger partial charge >= 0.3 is 0 Å². The molecule has 34 heavy (non-hydrogen) atoms. The molecule has 2 aliphatic rings. The summed E-state index contributed by atoms with van der Waals surface area (Å²) < 4.78 is 22.1. The zero-order chi connectivity index (χ0) is 23.2. The molecule has 0 saturated carbocycles. The molecule has 8 heteroatoms. The average molecular weight is 460 g/mol. The molecule has 2 aliphatic heterocycles. The first-order valence-electron chi connectivity index (χ1n) is 11.6. The van der Waals surface area contributed by atoms with Crippen molar-refractivity contribution >= 4 is 11.6 Å². The smallest absolute Gasteiger partial charge is 0.208 e. The van der Waals surface area contributed by atoms with Gasteiger partial charge < -0.3 is 15.2 Å². The number of aliphatic hydroxyl groups excluding tert-OH is 1. The van der Waals surface area contributed by atoms with E-state index in [9.17, 15) is 9.50 Å². The third kappa shape index (κ3) is 3.78. The molecule has 174 valence electrons. The van der Waals surface area contributed by atoms with Gasteiger partial charge in [-0.2, -0.15) is 0 Å². The highest BCUT2D eigenvalue weighted by Crippen LogP contribution is 2.31. The van der Waals surface area contributed by atoms with Crippen LogP contribution < -0.4 is 10.1 Å². The number of aryl methyl sites for hydroxylation is 1. The molecular formula is C26H26FN5O2. The maximum absolute atomic E-state index is 14.6. The number of hydrogen-bond acceptors (Lipinski definition) is 6. The van der Waals surface area contributed by atoms with Crippen LogP contribution in [0.5, 0.6) is 5.75 Å². The van der Waals surface area contributed by atoms with Crippen molar-refractivity contribution in [1.29, 1.82) is 0 Å². The van der Waals surface area contributed by atoms with Crippen molar-refractivity contribution in [3.05, 3.63) is 77.0 Å². The van der Waals surface area contributed by atoms with Crippen molar-refractivity contribution in [1.82, 2.24) is 19.3 Å². The summed E-state index contributed by atoms with van der Waals surface area (Å²) in [6.07, 6.45) is 4.28. The number of nitrogens with zero attached hydrogens (tertiary/aromatic N) is 4. The van der Waals surface area contributed by atoms with E-state index in [4.69, 9.17) is 9.72 Å². The fourth-order valence-corrected chi connectivity index (χ4v) is 4.82. The molecule has 1 saturated heterocycles. The number of rotatable bonds is 6. The van der Waals surface area contributed by atoms with Crippen molar-refractivity contribution in [2.75, 3.05) is 25.0 Å². The van der Waals surface area contributed by atoms with Crippen LogP contribution in [-0.2, 0) is 19.5 Å². The molecule has 2 aromatic heterocycles. The number of aromatic nitrogens is 3. The van der Waals surface area contributed by atoms with Crippen LogP contribution in [0.4, 0.5) is 10.3 Å². The maximum Gasteiger partial charge on any atom is 0.208 e. The lowest BCUT2D eigenvalue weighted by Crippen LogP contribution is -2.49. The van der Waals surface area contributed by atoms with Gasteiger partial charge in [0.05, 0.1) is 18.4 Å². The minimum absolute atomic E-state index is 0.193. The number of anilines is 1. The lowest BCUT2D eigenvalue weighted by molar-refractivity contribution is -0.00286. The third-order valence-corrected chi connectivity index (χ3v) is 6.58. The van der Waals surface area contributed by atoms with Crippen LogP contribution in [0.1, 0.15) is 22.4 Å². The molecule has 0 amide bonds. The SMILES string of the molecule is Cc1cn2c(NCc3c(F)ccc4c3CCO4)ncc(-c3ccc(CN4CC(O)C4)cc3)c2n1. The topological polar surface area (TPSA) is 74.9 Å². The second-order valence-electron chi connectivity index (χ2n) is 9.07. The Morgan fingerprint density at radius 2 is 2.00 bits per heavy atom. The second kappa shape index (κ2) is 8.38. The zero-order valence-corrected chi connectivity index (χ0v) is 19.0. The Labute approximate surface area is 196 Å². The van der Waals surface area contributed by atoms with Gasteiger partial charge in [0.1, 0.15) is 17.2 Å². The van der Waals surface area contributed by atoms with E-state index in [0.29, 0.717) is 31.1 Å². The average Bonchev–Trinajstić information content (AvgIpc) is 3.44. The molecule has 7 nitrogen and oxygen atoms in total. The molecule has 4 heterocycles. The fraction of sp³-hybridized carbons (Fsp3) is 0.308. The van der Waals surface area contributed by atoms with E-state index in [1.54, 1.807) is 6.07 Å². The van der Waals surface area contributed by atoms with Crippen LogP contribution >= 0.6 is 0 Å². The number of nitrogens with one attached hydrogen (secondary N) is 1. The predicted molar refractivity (Wildman–Crippen MR) is 127 cm³/mol. The largest absolute Gasteiger partial charge is 0.493 e. The molecule has 2 N–H and O–H groups in total. The van der Waals surface area contributed by atoms with E-state index in [2.05, 4.69) is 39.5 Å². The summed E-state index contributed by atoms with van der Waals surface area (Å²) in [7, 11) is 0. The zero-order valence-electron chi connectivity index (χ0n) is 19.0. The number of β-amino-alcohol motifs (C(OH)–C–C–N with tert-alkyl or cyclic N) is 1. The summed E-state index contributed by atoms with van der Waals surface area (Å²) in [6.45, 7) is 5.15. The normalized spacial score (nSPS) is 15.9. The van der Waals surface area contributed by atoms with Crippen LogP contribution in [0.25, 0.3) is 16.8 Å². The van der Waals surface area contributed by atoms with Crippen LogP contribution in [0.2, 0.25) is 0 Å². The Hall–Kier alpha value is -3.49. The van der Waals surface area contributed by atoms with Crippen molar-refractivity contribution < 1.29 is 14.2 Å². The summed E-state index contributed by atoms with van der Waals surface area (Å²) in [4.78, 5) is 11.6. The van der Waals surface area contributed by atoms with E-state index in [1.165, 1.54) is 11.6 Å². The molecule has 0 spiro atoms. The second-order valence-corrected chi connectivity index (χ2v) is 9.07. The Morgan fingerprint density at radius 3 is 2.79 bits per heavy atom. The van der Waals surface area contributed by atoms with Gasteiger partial charge in [-0.1, -0.05) is 24.3 Å². The number of hydrogen-bond donors (Lipinski definition) is 2. The highest BCUT2D eigenvalue weighted by atomic mass is 19.1. The van der Waals surface area contributed by atoms with Gasteiger partial charge in [0.25, 0.3) is 0 Å². The molecule has 1 fully saturated rings. The van der Waals surface area contributed by atoms with Crippen LogP contribution in [0.3, 0.4) is 0 Å². The van der Waals surface area contributed by atoms with Crippen LogP contribution in [0, 0.1) is 12.7 Å². The molecule has 0 aliphatic carbocycles. The quantitative estimate of drug-likeness (QED) is 0.459. The fourth-order valence-electron chi connectivity index (χ4n) is 4.82. The first-order valence-corrected chi connectivity index (χ1v) is 11.6. The van der Waals surface area contributed by atoms with E-state index >= 15 is 0 Å². The number of ether oxygens (including phenoxy) is 1. The van der Waals surface area contributed by atoms with Gasteiger partial charge in [0, 0.05) is 61.7 Å². The molecule has 6 rings (SSSR count). The van der Waals surface area contributed by atoms with Crippen molar-refractivity contribution in [2.24, 2.45) is 0 Å². The standard InChI is InChI=1S/C26H26FN5O2/c1-16-12-32-25(30-16)21(18-4-2-17(3-5-18)13-31-14-19(33)15-31)10-28-26(32)29-11-22-20-8-9-34-24(20)7-6-23(22)27/h2-7,10,12,19,33H,8-9,11,13-15H2,1H3,(H,28,29). The van der Waals surface area contributed by atoms with Crippen molar-refractivity contribution in [3.63, 3.8) is 0 Å². The number of aliphatic hydroxyl groups is 1. The molecule has 0 unspecified atom stereocenters. The van der Waals surface area contributed by atoms with Crippen LogP contribution in [0.15, 0.2) is 48.8 Å². The van der Waals surface area contributed by atoms with Gasteiger partial charge in [0.15, 0.2) is 0 Å². The number of halogens is 1. The Kier molecular flexibility index (Phi) is 5.19. The van der Waals surface area contributed by atoms with Crippen LogP contribution in [-0.4, -0.2) is 50.2 Å². The Bertz CT molecular complexity index is 1360.